The quantitative estimate of drug-likeness (QED) is 0.605. The van der Waals surface area contributed by atoms with Crippen LogP contribution in [0, 0.1) is 18.7 Å². The van der Waals surface area contributed by atoms with E-state index in [-0.39, 0.29) is 28.2 Å². The van der Waals surface area contributed by atoms with Crippen LogP contribution < -0.4 is 5.56 Å². The van der Waals surface area contributed by atoms with Gasteiger partial charge in [-0.25, -0.2) is 14.1 Å². The van der Waals surface area contributed by atoms with Crippen molar-refractivity contribution in [1.29, 1.82) is 0 Å². The molecule has 0 aliphatic heterocycles. The Morgan fingerprint density at radius 3 is 2.37 bits per heavy atom. The van der Waals surface area contributed by atoms with E-state index in [9.17, 15) is 27.5 Å². The number of benzene rings is 1. The SMILES string of the molecule is CC.Cc1nc2c(c(CO)nn2C(c2ccc(C(F)(F)F)cc2F)C(C)C)c(=O)[nH]1. The molecule has 0 radical (unpaired) electrons. The summed E-state index contributed by atoms with van der Waals surface area (Å²) < 4.78 is 54.5. The molecule has 0 aliphatic carbocycles. The van der Waals surface area contributed by atoms with E-state index >= 15 is 0 Å². The molecule has 0 fully saturated rings. The van der Waals surface area contributed by atoms with Gasteiger partial charge in [0, 0.05) is 5.56 Å². The Hall–Kier alpha value is -2.75. The molecule has 0 amide bonds. The zero-order valence-electron chi connectivity index (χ0n) is 17.3. The fraction of sp³-hybridized carbons (Fsp3) is 0.450. The van der Waals surface area contributed by atoms with Crippen LogP contribution in [0.5, 0.6) is 0 Å². The molecule has 1 aromatic carbocycles. The van der Waals surface area contributed by atoms with Crippen molar-refractivity contribution in [2.75, 3.05) is 0 Å². The van der Waals surface area contributed by atoms with E-state index in [2.05, 4.69) is 15.1 Å². The predicted molar refractivity (Wildman–Crippen MR) is 105 cm³/mol. The molecule has 1 atom stereocenters. The molecule has 0 saturated heterocycles. The Balaban J connectivity index is 0.00000155. The molecule has 0 aliphatic rings. The van der Waals surface area contributed by atoms with Gasteiger partial charge in [-0.05, 0) is 25.0 Å². The van der Waals surface area contributed by atoms with Gasteiger partial charge in [-0.15, -0.1) is 0 Å². The summed E-state index contributed by atoms with van der Waals surface area (Å²) >= 11 is 0. The Morgan fingerprint density at radius 2 is 1.87 bits per heavy atom. The molecule has 2 N–H and O–H groups in total. The summed E-state index contributed by atoms with van der Waals surface area (Å²) in [5.41, 5.74) is -1.43. The first-order valence-electron chi connectivity index (χ1n) is 9.50. The highest BCUT2D eigenvalue weighted by Crippen LogP contribution is 2.35. The Bertz CT molecular complexity index is 1090. The lowest BCUT2D eigenvalue weighted by atomic mass is 9.94. The molecular formula is C20H24F4N4O2. The van der Waals surface area contributed by atoms with Crippen LogP contribution in [0.1, 0.15) is 56.4 Å². The lowest BCUT2D eigenvalue weighted by Crippen LogP contribution is -2.21. The molecule has 3 aromatic rings. The minimum absolute atomic E-state index is 0.0170. The topological polar surface area (TPSA) is 83.8 Å². The van der Waals surface area contributed by atoms with Crippen LogP contribution in [0.3, 0.4) is 0 Å². The molecule has 10 heteroatoms. The predicted octanol–water partition coefficient (Wildman–Crippen LogP) is 4.35. The maximum Gasteiger partial charge on any atom is 0.416 e. The van der Waals surface area contributed by atoms with E-state index in [0.717, 1.165) is 12.1 Å². The van der Waals surface area contributed by atoms with Gasteiger partial charge in [-0.3, -0.25) is 4.79 Å². The van der Waals surface area contributed by atoms with E-state index < -0.39 is 35.8 Å². The number of aromatic nitrogens is 4. The number of aryl methyl sites for hydroxylation is 1. The van der Waals surface area contributed by atoms with E-state index in [1.807, 2.05) is 13.8 Å². The average Bonchev–Trinajstić information content (AvgIpc) is 3.02. The molecule has 30 heavy (non-hydrogen) atoms. The molecular weight excluding hydrogens is 404 g/mol. The van der Waals surface area contributed by atoms with Crippen molar-refractivity contribution in [3.8, 4) is 0 Å². The summed E-state index contributed by atoms with van der Waals surface area (Å²) in [6.07, 6.45) is -4.67. The molecule has 0 spiro atoms. The number of fused-ring (bicyclic) bond motifs is 1. The number of aromatic amines is 1. The second kappa shape index (κ2) is 8.95. The molecule has 2 heterocycles. The number of halogens is 4. The maximum absolute atomic E-state index is 14.6. The number of aliphatic hydroxyl groups is 1. The first-order chi connectivity index (χ1) is 14.0. The first kappa shape index (κ1) is 23.5. The van der Waals surface area contributed by atoms with E-state index in [1.165, 1.54) is 4.68 Å². The van der Waals surface area contributed by atoms with E-state index in [4.69, 9.17) is 0 Å². The zero-order chi connectivity index (χ0) is 22.8. The lowest BCUT2D eigenvalue weighted by Gasteiger charge is -2.23. The standard InChI is InChI=1S/C18H18F4N4O2.C2H6/c1-8(2)15(11-5-4-10(6-12(11)19)18(20,21)22)26-16-14(13(7-27)25-26)17(28)24-9(3)23-16;1-2/h4-6,8,15,27H,7H2,1-3H3,(H,23,24,28);1-2H3. The third-order valence-electron chi connectivity index (χ3n) is 4.44. The fourth-order valence-corrected chi connectivity index (χ4v) is 3.25. The third-order valence-corrected chi connectivity index (χ3v) is 4.44. The van der Waals surface area contributed by atoms with Crippen molar-refractivity contribution in [1.82, 2.24) is 19.7 Å². The number of rotatable bonds is 4. The van der Waals surface area contributed by atoms with Gasteiger partial charge in [0.1, 0.15) is 22.7 Å². The van der Waals surface area contributed by atoms with Crippen molar-refractivity contribution in [3.05, 3.63) is 57.0 Å². The average molecular weight is 428 g/mol. The van der Waals surface area contributed by atoms with Gasteiger partial charge in [0.15, 0.2) is 5.65 Å². The molecule has 3 rings (SSSR count). The fourth-order valence-electron chi connectivity index (χ4n) is 3.25. The van der Waals surface area contributed by atoms with Crippen molar-refractivity contribution in [2.45, 2.75) is 53.4 Å². The minimum Gasteiger partial charge on any atom is -0.390 e. The smallest absolute Gasteiger partial charge is 0.390 e. The summed E-state index contributed by atoms with van der Waals surface area (Å²) in [6.45, 7) is 8.50. The normalized spacial score (nSPS) is 12.8. The number of nitrogens with zero attached hydrogens (tertiary/aromatic N) is 3. The zero-order valence-corrected chi connectivity index (χ0v) is 17.3. The van der Waals surface area contributed by atoms with E-state index in [1.54, 1.807) is 20.8 Å². The number of alkyl halides is 3. The number of nitrogens with one attached hydrogen (secondary N) is 1. The van der Waals surface area contributed by atoms with Gasteiger partial charge in [0.25, 0.3) is 5.56 Å². The van der Waals surface area contributed by atoms with Crippen LogP contribution in [-0.2, 0) is 12.8 Å². The summed E-state index contributed by atoms with van der Waals surface area (Å²) in [4.78, 5) is 19.1. The van der Waals surface area contributed by atoms with Crippen LogP contribution >= 0.6 is 0 Å². The van der Waals surface area contributed by atoms with Crippen LogP contribution in [0.25, 0.3) is 11.0 Å². The molecule has 0 bridgehead atoms. The highest BCUT2D eigenvalue weighted by Gasteiger charge is 2.33. The molecule has 6 nitrogen and oxygen atoms in total. The van der Waals surface area contributed by atoms with Gasteiger partial charge in [-0.2, -0.15) is 18.3 Å². The third kappa shape index (κ3) is 4.38. The van der Waals surface area contributed by atoms with Crippen LogP contribution in [0.15, 0.2) is 23.0 Å². The number of hydrogen-bond acceptors (Lipinski definition) is 4. The Kier molecular flexibility index (Phi) is 7.02. The van der Waals surface area contributed by atoms with Crippen molar-refractivity contribution in [3.63, 3.8) is 0 Å². The van der Waals surface area contributed by atoms with Crippen molar-refractivity contribution in [2.24, 2.45) is 5.92 Å². The number of H-pyrrole nitrogens is 1. The highest BCUT2D eigenvalue weighted by molar-refractivity contribution is 5.77. The summed E-state index contributed by atoms with van der Waals surface area (Å²) in [5, 5.41) is 13.8. The summed E-state index contributed by atoms with van der Waals surface area (Å²) in [7, 11) is 0. The van der Waals surface area contributed by atoms with Crippen molar-refractivity contribution >= 4 is 11.0 Å². The van der Waals surface area contributed by atoms with Gasteiger partial charge < -0.3 is 10.1 Å². The number of aliphatic hydroxyl groups excluding tert-OH is 1. The molecule has 1 unspecified atom stereocenters. The summed E-state index contributed by atoms with van der Waals surface area (Å²) in [5.74, 6) is -1.05. The minimum atomic E-state index is -4.67. The summed E-state index contributed by atoms with van der Waals surface area (Å²) in [6, 6.07) is 1.47. The van der Waals surface area contributed by atoms with Crippen LogP contribution in [0.4, 0.5) is 17.6 Å². The monoisotopic (exact) mass is 428 g/mol. The van der Waals surface area contributed by atoms with Gasteiger partial charge in [-0.1, -0.05) is 33.8 Å². The molecule has 0 saturated carbocycles. The van der Waals surface area contributed by atoms with E-state index in [0.29, 0.717) is 11.9 Å². The number of hydrogen-bond donors (Lipinski definition) is 2. The van der Waals surface area contributed by atoms with Gasteiger partial charge in [0.2, 0.25) is 0 Å². The largest absolute Gasteiger partial charge is 0.416 e. The second-order valence-corrected chi connectivity index (χ2v) is 6.82. The molecule has 2 aromatic heterocycles. The Morgan fingerprint density at radius 1 is 1.23 bits per heavy atom. The van der Waals surface area contributed by atoms with Crippen LogP contribution in [0.2, 0.25) is 0 Å². The van der Waals surface area contributed by atoms with Gasteiger partial charge >= 0.3 is 6.18 Å². The van der Waals surface area contributed by atoms with Crippen LogP contribution in [-0.4, -0.2) is 24.9 Å². The lowest BCUT2D eigenvalue weighted by molar-refractivity contribution is -0.137. The Labute approximate surface area is 170 Å². The maximum atomic E-state index is 14.6. The highest BCUT2D eigenvalue weighted by atomic mass is 19.4. The molecule has 164 valence electrons. The van der Waals surface area contributed by atoms with Crippen molar-refractivity contribution < 1.29 is 22.7 Å². The first-order valence-corrected chi connectivity index (χ1v) is 9.50. The second-order valence-electron chi connectivity index (χ2n) is 6.82. The van der Waals surface area contributed by atoms with Gasteiger partial charge in [0.05, 0.1) is 18.2 Å².